The van der Waals surface area contributed by atoms with Gasteiger partial charge in [0.15, 0.2) is 16.7 Å². The second-order valence-electron chi connectivity index (χ2n) is 4.88. The molecule has 0 fully saturated rings. The summed E-state index contributed by atoms with van der Waals surface area (Å²) in [6, 6.07) is 6.29. The van der Waals surface area contributed by atoms with E-state index < -0.39 is 6.61 Å². The van der Waals surface area contributed by atoms with Gasteiger partial charge in [-0.25, -0.2) is 4.98 Å². The van der Waals surface area contributed by atoms with Crippen LogP contribution in [0.3, 0.4) is 0 Å². The lowest BCUT2D eigenvalue weighted by Crippen LogP contribution is -2.01. The van der Waals surface area contributed by atoms with Crippen LogP contribution in [-0.2, 0) is 5.75 Å². The summed E-state index contributed by atoms with van der Waals surface area (Å²) in [5.74, 6) is 1.76. The Kier molecular flexibility index (Phi) is 6.87. The number of imidazole rings is 1. The van der Waals surface area contributed by atoms with Crippen molar-refractivity contribution < 1.29 is 23.0 Å². The second-order valence-corrected chi connectivity index (χ2v) is 5.85. The fourth-order valence-corrected chi connectivity index (χ4v) is 3.12. The Balaban J connectivity index is 0.00000243. The molecule has 140 valence electrons. The van der Waals surface area contributed by atoms with Crippen molar-refractivity contribution in [2.75, 3.05) is 14.2 Å². The van der Waals surface area contributed by atoms with E-state index in [1.165, 1.54) is 23.9 Å². The van der Waals surface area contributed by atoms with Gasteiger partial charge in [0, 0.05) is 24.1 Å². The minimum Gasteiger partial charge on any atom is -0.493 e. The molecule has 6 nitrogen and oxygen atoms in total. The summed E-state index contributed by atoms with van der Waals surface area (Å²) < 4.78 is 39.6. The average Bonchev–Trinajstić information content (AvgIpc) is 3.01. The molecule has 0 aliphatic heterocycles. The van der Waals surface area contributed by atoms with Gasteiger partial charge in [0.1, 0.15) is 5.75 Å². The number of halogens is 3. The first-order valence-electron chi connectivity index (χ1n) is 7.24. The fourth-order valence-electron chi connectivity index (χ4n) is 2.30. The number of nitrogens with one attached hydrogen (secondary N) is 1. The minimum absolute atomic E-state index is 0. The predicted molar refractivity (Wildman–Crippen MR) is 96.9 cm³/mol. The topological polar surface area (TPSA) is 69.3 Å². The first-order valence-corrected chi connectivity index (χ1v) is 8.22. The Hall–Kier alpha value is -2.26. The number of nitrogens with zero attached hydrogens (tertiary/aromatic N) is 2. The summed E-state index contributed by atoms with van der Waals surface area (Å²) in [5, 5.41) is 0.635. The van der Waals surface area contributed by atoms with Gasteiger partial charge in [-0.2, -0.15) is 8.78 Å². The fraction of sp³-hybridized carbons (Fsp3) is 0.250. The molecule has 2 aromatic heterocycles. The highest BCUT2D eigenvalue weighted by molar-refractivity contribution is 7.98. The van der Waals surface area contributed by atoms with Gasteiger partial charge >= 0.3 is 6.61 Å². The van der Waals surface area contributed by atoms with Crippen LogP contribution in [0.25, 0.3) is 11.0 Å². The zero-order valence-electron chi connectivity index (χ0n) is 13.9. The summed E-state index contributed by atoms with van der Waals surface area (Å²) in [5.41, 5.74) is 2.00. The lowest BCUT2D eigenvalue weighted by Gasteiger charge is -2.10. The normalized spacial score (nSPS) is 10.7. The number of pyridine rings is 1. The third kappa shape index (κ3) is 4.47. The highest BCUT2D eigenvalue weighted by Crippen LogP contribution is 2.33. The monoisotopic (exact) mass is 403 g/mol. The molecule has 0 atom stereocenters. The third-order valence-corrected chi connectivity index (χ3v) is 4.25. The third-order valence-electron chi connectivity index (χ3n) is 3.37. The van der Waals surface area contributed by atoms with Gasteiger partial charge in [-0.3, -0.25) is 4.98 Å². The van der Waals surface area contributed by atoms with Crippen LogP contribution in [0.1, 0.15) is 5.69 Å². The Labute approximate surface area is 158 Å². The van der Waals surface area contributed by atoms with Crippen LogP contribution in [0.2, 0.25) is 0 Å². The highest BCUT2D eigenvalue weighted by atomic mass is 35.5. The first kappa shape index (κ1) is 20.1. The van der Waals surface area contributed by atoms with E-state index in [2.05, 4.69) is 19.7 Å². The first-order chi connectivity index (χ1) is 12.1. The van der Waals surface area contributed by atoms with Crippen LogP contribution in [0, 0.1) is 0 Å². The summed E-state index contributed by atoms with van der Waals surface area (Å²) in [6.45, 7) is -2.86. The zero-order valence-corrected chi connectivity index (χ0v) is 15.5. The number of hydrogen-bond acceptors (Lipinski definition) is 6. The van der Waals surface area contributed by atoms with Gasteiger partial charge in [-0.05, 0) is 12.1 Å². The highest BCUT2D eigenvalue weighted by Gasteiger charge is 2.13. The Morgan fingerprint density at radius 3 is 2.69 bits per heavy atom. The van der Waals surface area contributed by atoms with Crippen LogP contribution in [0.5, 0.6) is 17.2 Å². The number of fused-ring (bicyclic) bond motifs is 1. The lowest BCUT2D eigenvalue weighted by atomic mass is 10.3. The molecule has 0 saturated carbocycles. The number of ether oxygens (including phenoxy) is 3. The van der Waals surface area contributed by atoms with Crippen molar-refractivity contribution in [1.82, 2.24) is 15.0 Å². The van der Waals surface area contributed by atoms with Crippen molar-refractivity contribution in [3.05, 3.63) is 36.2 Å². The van der Waals surface area contributed by atoms with Crippen LogP contribution in [0.4, 0.5) is 8.78 Å². The maximum absolute atomic E-state index is 12.3. The molecule has 10 heteroatoms. The quantitative estimate of drug-likeness (QED) is 0.593. The number of hydrogen-bond donors (Lipinski definition) is 1. The Bertz CT molecular complexity index is 879. The van der Waals surface area contributed by atoms with E-state index in [1.54, 1.807) is 32.5 Å². The molecule has 0 amide bonds. The predicted octanol–water partition coefficient (Wildman–Crippen LogP) is 4.29. The number of rotatable bonds is 7. The summed E-state index contributed by atoms with van der Waals surface area (Å²) in [7, 11) is 3.12. The molecular formula is C16H16ClF2N3O3S. The molecule has 3 rings (SSSR count). The minimum atomic E-state index is -2.86. The van der Waals surface area contributed by atoms with E-state index >= 15 is 0 Å². The van der Waals surface area contributed by atoms with Gasteiger partial charge in [0.25, 0.3) is 0 Å². The maximum atomic E-state index is 12.3. The van der Waals surface area contributed by atoms with Crippen molar-refractivity contribution in [2.24, 2.45) is 0 Å². The molecule has 0 spiro atoms. The van der Waals surface area contributed by atoms with Gasteiger partial charge in [0.05, 0.1) is 30.9 Å². The average molecular weight is 404 g/mol. The van der Waals surface area contributed by atoms with Gasteiger partial charge in [0.2, 0.25) is 0 Å². The SMILES string of the molecule is COc1ccnc(CSc2nc3ccc(OC(F)F)cc3[nH]2)c1OC.Cl. The Morgan fingerprint density at radius 2 is 2.00 bits per heavy atom. The van der Waals surface area contributed by atoms with E-state index in [1.807, 2.05) is 0 Å². The van der Waals surface area contributed by atoms with Gasteiger partial charge < -0.3 is 19.2 Å². The number of alkyl halides is 2. The molecule has 2 heterocycles. The van der Waals surface area contributed by atoms with Crippen molar-refractivity contribution in [1.29, 1.82) is 0 Å². The number of H-pyrrole nitrogens is 1. The van der Waals surface area contributed by atoms with Crippen molar-refractivity contribution in [2.45, 2.75) is 17.5 Å². The number of benzene rings is 1. The zero-order chi connectivity index (χ0) is 17.8. The summed E-state index contributed by atoms with van der Waals surface area (Å²) >= 11 is 1.41. The molecule has 0 saturated heterocycles. The largest absolute Gasteiger partial charge is 0.493 e. The molecule has 0 aliphatic rings. The van der Waals surface area contributed by atoms with E-state index in [0.29, 0.717) is 39.1 Å². The molecule has 26 heavy (non-hydrogen) atoms. The van der Waals surface area contributed by atoms with Gasteiger partial charge in [-0.1, -0.05) is 11.8 Å². The van der Waals surface area contributed by atoms with Crippen molar-refractivity contribution >= 4 is 35.2 Å². The maximum Gasteiger partial charge on any atom is 0.387 e. The molecule has 0 bridgehead atoms. The standard InChI is InChI=1S/C16H15F2N3O3S.ClH/c1-22-13-5-6-19-12(14(13)23-2)8-25-16-20-10-4-3-9(24-15(17)18)7-11(10)21-16;/h3-7,15H,8H2,1-2H3,(H,20,21);1H. The Morgan fingerprint density at radius 1 is 1.19 bits per heavy atom. The van der Waals surface area contributed by atoms with Crippen LogP contribution < -0.4 is 14.2 Å². The molecule has 0 aliphatic carbocycles. The van der Waals surface area contributed by atoms with Gasteiger partial charge in [-0.15, -0.1) is 12.4 Å². The number of aromatic amines is 1. The van der Waals surface area contributed by atoms with Crippen LogP contribution in [-0.4, -0.2) is 35.8 Å². The molecule has 0 unspecified atom stereocenters. The van der Waals surface area contributed by atoms with E-state index in [-0.39, 0.29) is 18.2 Å². The molecule has 1 N–H and O–H groups in total. The van der Waals surface area contributed by atoms with Crippen LogP contribution in [0.15, 0.2) is 35.6 Å². The van der Waals surface area contributed by atoms with Crippen LogP contribution >= 0.6 is 24.2 Å². The number of methoxy groups -OCH3 is 2. The molecule has 1 aromatic carbocycles. The summed E-state index contributed by atoms with van der Waals surface area (Å²) in [6.07, 6.45) is 1.64. The number of aromatic nitrogens is 3. The molecular weight excluding hydrogens is 388 g/mol. The van der Waals surface area contributed by atoms with Crippen molar-refractivity contribution in [3.63, 3.8) is 0 Å². The smallest absolute Gasteiger partial charge is 0.387 e. The lowest BCUT2D eigenvalue weighted by molar-refractivity contribution is -0.0497. The number of thioether (sulfide) groups is 1. The van der Waals surface area contributed by atoms with E-state index in [9.17, 15) is 8.78 Å². The van der Waals surface area contributed by atoms with Crippen molar-refractivity contribution in [3.8, 4) is 17.2 Å². The van der Waals surface area contributed by atoms with E-state index in [0.717, 1.165) is 0 Å². The molecule has 0 radical (unpaired) electrons. The summed E-state index contributed by atoms with van der Waals surface area (Å²) in [4.78, 5) is 11.8. The second kappa shape index (κ2) is 8.91. The molecule has 3 aromatic rings. The van der Waals surface area contributed by atoms with E-state index in [4.69, 9.17) is 9.47 Å².